The summed E-state index contributed by atoms with van der Waals surface area (Å²) in [5, 5.41) is 9.75. The lowest BCUT2D eigenvalue weighted by Gasteiger charge is -2.21. The minimum Gasteiger partial charge on any atom is -0.488 e. The second-order valence-electron chi connectivity index (χ2n) is 6.02. The fourth-order valence-electron chi connectivity index (χ4n) is 1.79. The van der Waals surface area contributed by atoms with Crippen LogP contribution in [0.15, 0.2) is 24.3 Å². The molecule has 0 spiro atoms. The Morgan fingerprint density at radius 3 is 2.35 bits per heavy atom. The van der Waals surface area contributed by atoms with Gasteiger partial charge in [-0.15, -0.1) is 0 Å². The summed E-state index contributed by atoms with van der Waals surface area (Å²) in [6.45, 7) is 8.22. The van der Waals surface area contributed by atoms with Crippen LogP contribution in [0.4, 0.5) is 0 Å². The van der Waals surface area contributed by atoms with Crippen molar-refractivity contribution in [2.75, 3.05) is 0 Å². The zero-order chi connectivity index (χ0) is 15.0. The lowest BCUT2D eigenvalue weighted by atomic mass is 10.1. The number of hydrogen-bond acceptors (Lipinski definition) is 2. The summed E-state index contributed by atoms with van der Waals surface area (Å²) in [5.41, 5.74) is 0.712. The molecule has 1 aromatic carbocycles. The summed E-state index contributed by atoms with van der Waals surface area (Å²) in [7, 11) is 0. The van der Waals surface area contributed by atoms with Crippen molar-refractivity contribution < 1.29 is 9.84 Å². The van der Waals surface area contributed by atoms with Crippen molar-refractivity contribution in [3.63, 3.8) is 0 Å². The number of hydrogen-bond donors (Lipinski definition) is 1. The predicted molar refractivity (Wildman–Crippen MR) is 83.8 cm³/mol. The zero-order valence-corrected chi connectivity index (χ0v) is 13.1. The summed E-state index contributed by atoms with van der Waals surface area (Å²) in [5.74, 6) is 6.74. The predicted octanol–water partition coefficient (Wildman–Crippen LogP) is 4.16. The first-order valence-electron chi connectivity index (χ1n) is 7.39. The minimum absolute atomic E-state index is 0.192. The fourth-order valence-corrected chi connectivity index (χ4v) is 1.79. The van der Waals surface area contributed by atoms with Crippen molar-refractivity contribution in [2.45, 2.75) is 65.1 Å². The number of benzene rings is 1. The molecular formula is C18H26O2. The second kappa shape index (κ2) is 7.97. The molecule has 1 unspecified atom stereocenters. The third-order valence-electron chi connectivity index (χ3n) is 2.74. The standard InChI is InChI=1S/C18H26O2/c1-5-6-7-8-16(19)12-9-15-10-13-17(14-11-15)20-18(2,3)4/h10-11,13-14,16,19H,5-8H2,1-4H3. The molecule has 0 saturated heterocycles. The van der Waals surface area contributed by atoms with Gasteiger partial charge in [0.1, 0.15) is 17.5 Å². The molecule has 2 heteroatoms. The zero-order valence-electron chi connectivity index (χ0n) is 13.1. The summed E-state index contributed by atoms with van der Waals surface area (Å²) in [6, 6.07) is 7.68. The summed E-state index contributed by atoms with van der Waals surface area (Å²) in [6.07, 6.45) is 3.58. The van der Waals surface area contributed by atoms with Crippen molar-refractivity contribution in [3.05, 3.63) is 29.8 Å². The van der Waals surface area contributed by atoms with Gasteiger partial charge >= 0.3 is 0 Å². The van der Waals surface area contributed by atoms with Gasteiger partial charge in [-0.3, -0.25) is 0 Å². The molecule has 0 bridgehead atoms. The second-order valence-corrected chi connectivity index (χ2v) is 6.02. The highest BCUT2D eigenvalue weighted by atomic mass is 16.5. The van der Waals surface area contributed by atoms with Gasteiger partial charge in [-0.05, 0) is 57.9 Å². The van der Waals surface area contributed by atoms with Gasteiger partial charge in [0.15, 0.2) is 0 Å². The monoisotopic (exact) mass is 274 g/mol. The molecule has 0 fully saturated rings. The van der Waals surface area contributed by atoms with Crippen molar-refractivity contribution >= 4 is 0 Å². The average Bonchev–Trinajstić information content (AvgIpc) is 2.36. The van der Waals surface area contributed by atoms with E-state index in [-0.39, 0.29) is 5.60 Å². The Bertz CT molecular complexity index is 443. The van der Waals surface area contributed by atoms with Crippen LogP contribution in [-0.4, -0.2) is 16.8 Å². The van der Waals surface area contributed by atoms with Crippen LogP contribution in [0, 0.1) is 11.8 Å². The van der Waals surface area contributed by atoms with Gasteiger partial charge in [-0.25, -0.2) is 0 Å². The molecule has 0 amide bonds. The Balaban J connectivity index is 2.53. The first-order valence-corrected chi connectivity index (χ1v) is 7.39. The van der Waals surface area contributed by atoms with Gasteiger partial charge in [-0.2, -0.15) is 0 Å². The average molecular weight is 274 g/mol. The lowest BCUT2D eigenvalue weighted by Crippen LogP contribution is -2.22. The van der Waals surface area contributed by atoms with E-state index in [1.165, 1.54) is 0 Å². The molecule has 1 aromatic rings. The van der Waals surface area contributed by atoms with Crippen LogP contribution >= 0.6 is 0 Å². The third kappa shape index (κ3) is 7.21. The van der Waals surface area contributed by atoms with Crippen LogP contribution in [-0.2, 0) is 0 Å². The van der Waals surface area contributed by atoms with E-state index < -0.39 is 6.10 Å². The Morgan fingerprint density at radius 1 is 1.15 bits per heavy atom. The molecular weight excluding hydrogens is 248 g/mol. The number of aliphatic hydroxyl groups excluding tert-OH is 1. The number of rotatable bonds is 5. The highest BCUT2D eigenvalue weighted by molar-refractivity contribution is 5.38. The molecule has 0 radical (unpaired) electrons. The van der Waals surface area contributed by atoms with E-state index >= 15 is 0 Å². The van der Waals surface area contributed by atoms with Crippen LogP contribution in [0.3, 0.4) is 0 Å². The van der Waals surface area contributed by atoms with Crippen molar-refractivity contribution in [1.29, 1.82) is 0 Å². The molecule has 0 heterocycles. The first kappa shape index (κ1) is 16.6. The van der Waals surface area contributed by atoms with E-state index in [2.05, 4.69) is 18.8 Å². The van der Waals surface area contributed by atoms with Gasteiger partial charge in [0, 0.05) is 5.56 Å². The van der Waals surface area contributed by atoms with Crippen LogP contribution < -0.4 is 4.74 Å². The number of unbranched alkanes of at least 4 members (excludes halogenated alkanes) is 2. The highest BCUT2D eigenvalue weighted by Gasteiger charge is 2.11. The maximum Gasteiger partial charge on any atom is 0.120 e. The van der Waals surface area contributed by atoms with E-state index in [1.807, 2.05) is 45.0 Å². The molecule has 0 aliphatic carbocycles. The molecule has 0 aromatic heterocycles. The van der Waals surface area contributed by atoms with Gasteiger partial charge in [0.2, 0.25) is 0 Å². The number of ether oxygens (including phenoxy) is 1. The maximum atomic E-state index is 9.75. The first-order chi connectivity index (χ1) is 9.40. The topological polar surface area (TPSA) is 29.5 Å². The Morgan fingerprint density at radius 2 is 1.80 bits per heavy atom. The number of aliphatic hydroxyl groups is 1. The SMILES string of the molecule is CCCCCC(O)C#Cc1ccc(OC(C)(C)C)cc1. The van der Waals surface area contributed by atoms with E-state index in [1.54, 1.807) is 0 Å². The Kier molecular flexibility index (Phi) is 6.61. The van der Waals surface area contributed by atoms with Crippen LogP contribution in [0.2, 0.25) is 0 Å². The summed E-state index contributed by atoms with van der Waals surface area (Å²) in [4.78, 5) is 0. The molecule has 1 rings (SSSR count). The lowest BCUT2D eigenvalue weighted by molar-refractivity contribution is 0.131. The summed E-state index contributed by atoms with van der Waals surface area (Å²) >= 11 is 0. The van der Waals surface area contributed by atoms with Gasteiger partial charge in [0.05, 0.1) is 0 Å². The molecule has 1 atom stereocenters. The Labute approximate surface area is 123 Å². The van der Waals surface area contributed by atoms with Crippen LogP contribution in [0.1, 0.15) is 58.9 Å². The quantitative estimate of drug-likeness (QED) is 0.645. The molecule has 110 valence electrons. The summed E-state index contributed by atoms with van der Waals surface area (Å²) < 4.78 is 5.75. The van der Waals surface area contributed by atoms with E-state index in [0.717, 1.165) is 37.0 Å². The maximum absolute atomic E-state index is 9.75. The van der Waals surface area contributed by atoms with Crippen molar-refractivity contribution in [1.82, 2.24) is 0 Å². The molecule has 0 aliphatic rings. The molecule has 2 nitrogen and oxygen atoms in total. The third-order valence-corrected chi connectivity index (χ3v) is 2.74. The largest absolute Gasteiger partial charge is 0.488 e. The van der Waals surface area contributed by atoms with Crippen LogP contribution in [0.5, 0.6) is 5.75 Å². The van der Waals surface area contributed by atoms with E-state index in [4.69, 9.17) is 4.74 Å². The molecule has 0 aliphatic heterocycles. The molecule has 0 saturated carbocycles. The molecule has 1 N–H and O–H groups in total. The Hall–Kier alpha value is -1.46. The van der Waals surface area contributed by atoms with Gasteiger partial charge < -0.3 is 9.84 Å². The normalized spacial score (nSPS) is 12.4. The van der Waals surface area contributed by atoms with E-state index in [9.17, 15) is 5.11 Å². The van der Waals surface area contributed by atoms with Crippen LogP contribution in [0.25, 0.3) is 0 Å². The smallest absolute Gasteiger partial charge is 0.120 e. The molecule has 20 heavy (non-hydrogen) atoms. The van der Waals surface area contributed by atoms with Gasteiger partial charge in [0.25, 0.3) is 0 Å². The van der Waals surface area contributed by atoms with Crippen molar-refractivity contribution in [3.8, 4) is 17.6 Å². The highest BCUT2D eigenvalue weighted by Crippen LogP contribution is 2.18. The minimum atomic E-state index is -0.521. The van der Waals surface area contributed by atoms with Gasteiger partial charge in [-0.1, -0.05) is 31.6 Å². The van der Waals surface area contributed by atoms with Crippen molar-refractivity contribution in [2.24, 2.45) is 0 Å². The van der Waals surface area contributed by atoms with E-state index in [0.29, 0.717) is 0 Å². The fraction of sp³-hybridized carbons (Fsp3) is 0.556.